The van der Waals surface area contributed by atoms with Crippen molar-refractivity contribution in [2.24, 2.45) is 0 Å². The highest BCUT2D eigenvalue weighted by atomic mass is 16.1. The van der Waals surface area contributed by atoms with Crippen molar-refractivity contribution in [2.75, 3.05) is 0 Å². The van der Waals surface area contributed by atoms with Crippen LogP contribution in [-0.4, -0.2) is 19.3 Å². The minimum atomic E-state index is -0.0544. The minimum Gasteiger partial charge on any atom is -0.308 e. The highest BCUT2D eigenvalue weighted by Crippen LogP contribution is 2.33. The normalized spacial score (nSPS) is 15.2. The van der Waals surface area contributed by atoms with Gasteiger partial charge in [0.2, 0.25) is 5.82 Å². The van der Waals surface area contributed by atoms with Gasteiger partial charge in [0.15, 0.2) is 0 Å². The summed E-state index contributed by atoms with van der Waals surface area (Å²) in [6.45, 7) is 3.83. The van der Waals surface area contributed by atoms with E-state index in [1.165, 1.54) is 0 Å². The Morgan fingerprint density at radius 3 is 2.71 bits per heavy atom. The van der Waals surface area contributed by atoms with Gasteiger partial charge in [0.25, 0.3) is 5.56 Å². The summed E-state index contributed by atoms with van der Waals surface area (Å²) in [5.74, 6) is 0.394. The molecule has 5 heteroatoms. The molecule has 1 aliphatic rings. The molecule has 0 amide bonds. The molecular weight excluding hydrogens is 216 g/mol. The second-order valence-electron chi connectivity index (χ2n) is 4.53. The van der Waals surface area contributed by atoms with E-state index >= 15 is 0 Å². The maximum Gasteiger partial charge on any atom is 0.295 e. The summed E-state index contributed by atoms with van der Waals surface area (Å²) in [5.41, 5.74) is 1.77. The van der Waals surface area contributed by atoms with Gasteiger partial charge >= 0.3 is 0 Å². The topological polar surface area (TPSA) is 52.7 Å². The molecule has 2 aromatic rings. The Kier molecular flexibility index (Phi) is 2.14. The molecule has 0 spiro atoms. The van der Waals surface area contributed by atoms with Gasteiger partial charge in [-0.05, 0) is 32.8 Å². The average Bonchev–Trinajstić information content (AvgIpc) is 3.06. The molecule has 0 aliphatic heterocycles. The van der Waals surface area contributed by atoms with Crippen molar-refractivity contribution < 1.29 is 0 Å². The third-order valence-corrected chi connectivity index (χ3v) is 3.00. The molecule has 0 unspecified atom stereocenters. The molecule has 0 N–H and O–H groups in total. The van der Waals surface area contributed by atoms with Crippen LogP contribution in [0.15, 0.2) is 23.3 Å². The minimum absolute atomic E-state index is 0.0544. The number of nitrogens with zero attached hydrogens (tertiary/aromatic N) is 4. The van der Waals surface area contributed by atoms with Gasteiger partial charge in [-0.15, -0.1) is 0 Å². The SMILES string of the molecule is Cc1cc(C)n(-c2nccn(C3CC3)c2=O)n1. The highest BCUT2D eigenvalue weighted by molar-refractivity contribution is 5.23. The first-order valence-corrected chi connectivity index (χ1v) is 5.77. The van der Waals surface area contributed by atoms with E-state index in [0.717, 1.165) is 24.2 Å². The van der Waals surface area contributed by atoms with Gasteiger partial charge in [-0.2, -0.15) is 5.10 Å². The molecule has 0 radical (unpaired) electrons. The summed E-state index contributed by atoms with van der Waals surface area (Å²) in [6.07, 6.45) is 5.60. The van der Waals surface area contributed by atoms with E-state index in [-0.39, 0.29) is 5.56 Å². The lowest BCUT2D eigenvalue weighted by atomic mass is 10.4. The van der Waals surface area contributed by atoms with E-state index in [0.29, 0.717) is 11.9 Å². The predicted octanol–water partition coefficient (Wildman–Crippen LogP) is 1.38. The maximum absolute atomic E-state index is 12.3. The first-order chi connectivity index (χ1) is 8.16. The van der Waals surface area contributed by atoms with Crippen molar-refractivity contribution in [2.45, 2.75) is 32.7 Å². The Labute approximate surface area is 98.7 Å². The molecule has 3 rings (SSSR count). The fraction of sp³-hybridized carbons (Fsp3) is 0.417. The Balaban J connectivity index is 2.18. The molecule has 5 nitrogen and oxygen atoms in total. The Morgan fingerprint density at radius 1 is 1.35 bits per heavy atom. The lowest BCUT2D eigenvalue weighted by molar-refractivity contribution is 0.672. The summed E-state index contributed by atoms with van der Waals surface area (Å²) < 4.78 is 3.38. The largest absolute Gasteiger partial charge is 0.308 e. The van der Waals surface area contributed by atoms with Gasteiger partial charge in [-0.25, -0.2) is 9.67 Å². The number of hydrogen-bond donors (Lipinski definition) is 0. The zero-order valence-electron chi connectivity index (χ0n) is 9.92. The summed E-state index contributed by atoms with van der Waals surface area (Å²) in [4.78, 5) is 16.4. The van der Waals surface area contributed by atoms with Crippen molar-refractivity contribution in [3.05, 3.63) is 40.2 Å². The Bertz CT molecular complexity index is 622. The highest BCUT2D eigenvalue weighted by Gasteiger charge is 2.25. The molecule has 0 bridgehead atoms. The van der Waals surface area contributed by atoms with E-state index in [2.05, 4.69) is 10.1 Å². The standard InChI is InChI=1S/C12H14N4O/c1-8-7-9(2)16(14-8)11-12(17)15(6-5-13-11)10-3-4-10/h5-7,10H,3-4H2,1-2H3. The van der Waals surface area contributed by atoms with Crippen LogP contribution in [0.25, 0.3) is 5.82 Å². The van der Waals surface area contributed by atoms with E-state index in [1.807, 2.05) is 19.9 Å². The molecular formula is C12H14N4O. The second-order valence-corrected chi connectivity index (χ2v) is 4.53. The number of aryl methyl sites for hydroxylation is 2. The number of hydrogen-bond acceptors (Lipinski definition) is 3. The molecule has 1 fully saturated rings. The number of rotatable bonds is 2. The quantitative estimate of drug-likeness (QED) is 0.783. The average molecular weight is 230 g/mol. The monoisotopic (exact) mass is 230 g/mol. The van der Waals surface area contributed by atoms with Crippen molar-refractivity contribution in [3.63, 3.8) is 0 Å². The molecule has 1 saturated carbocycles. The van der Waals surface area contributed by atoms with Crippen molar-refractivity contribution in [1.29, 1.82) is 0 Å². The zero-order chi connectivity index (χ0) is 12.0. The van der Waals surface area contributed by atoms with Crippen molar-refractivity contribution in [1.82, 2.24) is 19.3 Å². The molecule has 2 aromatic heterocycles. The van der Waals surface area contributed by atoms with Gasteiger partial charge in [0.05, 0.1) is 5.69 Å². The van der Waals surface area contributed by atoms with Crippen LogP contribution in [0, 0.1) is 13.8 Å². The lowest BCUT2D eigenvalue weighted by Crippen LogP contribution is -2.25. The van der Waals surface area contributed by atoms with Gasteiger partial charge in [0.1, 0.15) is 0 Å². The lowest BCUT2D eigenvalue weighted by Gasteiger charge is -2.06. The summed E-state index contributed by atoms with van der Waals surface area (Å²) in [7, 11) is 0. The third kappa shape index (κ3) is 1.67. The predicted molar refractivity (Wildman–Crippen MR) is 63.4 cm³/mol. The maximum atomic E-state index is 12.3. The first-order valence-electron chi connectivity index (χ1n) is 5.77. The van der Waals surface area contributed by atoms with E-state index in [9.17, 15) is 4.79 Å². The van der Waals surface area contributed by atoms with Crippen LogP contribution in [0.5, 0.6) is 0 Å². The van der Waals surface area contributed by atoms with Crippen LogP contribution < -0.4 is 5.56 Å². The van der Waals surface area contributed by atoms with Crippen LogP contribution in [0.4, 0.5) is 0 Å². The van der Waals surface area contributed by atoms with E-state index < -0.39 is 0 Å². The molecule has 0 aromatic carbocycles. The van der Waals surface area contributed by atoms with Crippen molar-refractivity contribution in [3.8, 4) is 5.82 Å². The van der Waals surface area contributed by atoms with Gasteiger partial charge in [0, 0.05) is 24.1 Å². The van der Waals surface area contributed by atoms with Crippen LogP contribution in [0.1, 0.15) is 30.3 Å². The molecule has 0 saturated heterocycles. The second kappa shape index (κ2) is 3.55. The summed E-state index contributed by atoms with van der Waals surface area (Å²) in [6, 6.07) is 2.30. The van der Waals surface area contributed by atoms with Crippen LogP contribution in [-0.2, 0) is 0 Å². The summed E-state index contributed by atoms with van der Waals surface area (Å²) >= 11 is 0. The van der Waals surface area contributed by atoms with Crippen molar-refractivity contribution >= 4 is 0 Å². The summed E-state index contributed by atoms with van der Waals surface area (Å²) in [5, 5.41) is 4.30. The molecule has 2 heterocycles. The zero-order valence-corrected chi connectivity index (χ0v) is 9.92. The molecule has 1 aliphatic carbocycles. The van der Waals surface area contributed by atoms with Gasteiger partial charge in [-0.1, -0.05) is 0 Å². The first kappa shape index (κ1) is 10.3. The smallest absolute Gasteiger partial charge is 0.295 e. The Hall–Kier alpha value is -1.91. The van der Waals surface area contributed by atoms with E-state index in [4.69, 9.17) is 0 Å². The van der Waals surface area contributed by atoms with Crippen LogP contribution >= 0.6 is 0 Å². The Morgan fingerprint density at radius 2 is 2.12 bits per heavy atom. The third-order valence-electron chi connectivity index (χ3n) is 3.00. The van der Waals surface area contributed by atoms with E-state index in [1.54, 1.807) is 21.6 Å². The van der Waals surface area contributed by atoms with Crippen LogP contribution in [0.3, 0.4) is 0 Å². The molecule has 0 atom stereocenters. The van der Waals surface area contributed by atoms with Crippen LogP contribution in [0.2, 0.25) is 0 Å². The van der Waals surface area contributed by atoms with Gasteiger partial charge in [-0.3, -0.25) is 4.79 Å². The molecule has 88 valence electrons. The number of aromatic nitrogens is 4. The fourth-order valence-electron chi connectivity index (χ4n) is 2.04. The fourth-order valence-corrected chi connectivity index (χ4v) is 2.04. The van der Waals surface area contributed by atoms with Gasteiger partial charge < -0.3 is 4.57 Å². The molecule has 17 heavy (non-hydrogen) atoms.